The van der Waals surface area contributed by atoms with Gasteiger partial charge >= 0.3 is 0 Å². The van der Waals surface area contributed by atoms with E-state index in [0.29, 0.717) is 44.5 Å². The van der Waals surface area contributed by atoms with Gasteiger partial charge in [-0.05, 0) is 37.5 Å². The highest BCUT2D eigenvalue weighted by Gasteiger charge is 2.45. The van der Waals surface area contributed by atoms with Crippen molar-refractivity contribution in [3.63, 3.8) is 0 Å². The van der Waals surface area contributed by atoms with E-state index in [4.69, 9.17) is 0 Å². The molecule has 0 aromatic heterocycles. The first kappa shape index (κ1) is 17.8. The molecule has 5 nitrogen and oxygen atoms in total. The molecule has 3 rings (SSSR count). The summed E-state index contributed by atoms with van der Waals surface area (Å²) < 4.78 is 26.7. The maximum atomic E-state index is 13.3. The number of carbonyl (C=O) groups excluding carboxylic acids is 2. The van der Waals surface area contributed by atoms with Crippen LogP contribution >= 0.6 is 0 Å². The summed E-state index contributed by atoms with van der Waals surface area (Å²) in [6.07, 6.45) is 0.747. The summed E-state index contributed by atoms with van der Waals surface area (Å²) in [5.74, 6) is -1.62. The minimum absolute atomic E-state index is 0.0278. The Morgan fingerprint density at radius 2 is 1.84 bits per heavy atom. The number of carbonyl (C=O) groups is 2. The van der Waals surface area contributed by atoms with E-state index >= 15 is 0 Å². The van der Waals surface area contributed by atoms with Crippen LogP contribution in [0.25, 0.3) is 0 Å². The highest BCUT2D eigenvalue weighted by molar-refractivity contribution is 5.81. The van der Waals surface area contributed by atoms with Crippen LogP contribution in [-0.4, -0.2) is 52.5 Å². The van der Waals surface area contributed by atoms with Gasteiger partial charge in [0.1, 0.15) is 17.7 Å². The van der Waals surface area contributed by atoms with Gasteiger partial charge in [0.25, 0.3) is 5.91 Å². The third kappa shape index (κ3) is 3.81. The van der Waals surface area contributed by atoms with Gasteiger partial charge < -0.3 is 14.9 Å². The van der Waals surface area contributed by atoms with Crippen LogP contribution in [0.4, 0.5) is 8.78 Å². The van der Waals surface area contributed by atoms with Gasteiger partial charge in [-0.15, -0.1) is 0 Å². The van der Waals surface area contributed by atoms with Gasteiger partial charge in [-0.25, -0.2) is 8.78 Å². The molecule has 1 aromatic rings. The second kappa shape index (κ2) is 6.71. The van der Waals surface area contributed by atoms with Gasteiger partial charge in [-0.3, -0.25) is 9.59 Å². The van der Waals surface area contributed by atoms with Crippen molar-refractivity contribution in [2.75, 3.05) is 19.6 Å². The third-order valence-corrected chi connectivity index (χ3v) is 5.19. The maximum Gasteiger partial charge on any atom is 0.251 e. The number of amides is 2. The SMILES string of the molecule is CC(O)C(=O)N1CCC2(CC1)CC(=O)N(Cc1cc(F)cc(F)c1)C2. The van der Waals surface area contributed by atoms with E-state index in [1.165, 1.54) is 19.1 Å². The molecule has 1 unspecified atom stereocenters. The molecule has 2 amide bonds. The standard InChI is InChI=1S/C18H22F2N2O3/c1-12(23)17(25)21-4-2-18(3-5-21)9-16(24)22(11-18)10-13-6-14(19)8-15(20)7-13/h6-8,12,23H,2-5,9-11H2,1H3. The number of hydrogen-bond donors (Lipinski definition) is 1. The fourth-order valence-corrected chi connectivity index (χ4v) is 3.85. The zero-order chi connectivity index (χ0) is 18.2. The van der Waals surface area contributed by atoms with Crippen molar-refractivity contribution in [2.24, 2.45) is 5.41 Å². The molecule has 0 radical (unpaired) electrons. The fourth-order valence-electron chi connectivity index (χ4n) is 3.85. The van der Waals surface area contributed by atoms with E-state index in [2.05, 4.69) is 0 Å². The predicted molar refractivity (Wildman–Crippen MR) is 86.3 cm³/mol. The van der Waals surface area contributed by atoms with Gasteiger partial charge in [-0.1, -0.05) is 0 Å². The summed E-state index contributed by atoms with van der Waals surface area (Å²) in [6, 6.07) is 3.29. The lowest BCUT2D eigenvalue weighted by atomic mass is 9.77. The van der Waals surface area contributed by atoms with E-state index in [1.54, 1.807) is 9.80 Å². The zero-order valence-corrected chi connectivity index (χ0v) is 14.2. The Morgan fingerprint density at radius 3 is 2.40 bits per heavy atom. The summed E-state index contributed by atoms with van der Waals surface area (Å²) >= 11 is 0. The Balaban J connectivity index is 1.64. The van der Waals surface area contributed by atoms with Crippen molar-refractivity contribution in [2.45, 2.75) is 38.8 Å². The Kier molecular flexibility index (Phi) is 4.77. The zero-order valence-electron chi connectivity index (χ0n) is 14.2. The van der Waals surface area contributed by atoms with E-state index in [-0.39, 0.29) is 23.8 Å². The largest absolute Gasteiger partial charge is 0.384 e. The minimum Gasteiger partial charge on any atom is -0.384 e. The van der Waals surface area contributed by atoms with E-state index in [1.807, 2.05) is 0 Å². The Labute approximate surface area is 145 Å². The number of halogens is 2. The molecule has 1 spiro atoms. The van der Waals surface area contributed by atoms with E-state index in [9.17, 15) is 23.5 Å². The van der Waals surface area contributed by atoms with Crippen molar-refractivity contribution in [1.29, 1.82) is 0 Å². The first-order valence-electron chi connectivity index (χ1n) is 8.48. The average Bonchev–Trinajstić information content (AvgIpc) is 2.81. The lowest BCUT2D eigenvalue weighted by Crippen LogP contribution is -2.47. The van der Waals surface area contributed by atoms with Gasteiger partial charge in [0.2, 0.25) is 5.91 Å². The van der Waals surface area contributed by atoms with Crippen LogP contribution in [0.2, 0.25) is 0 Å². The van der Waals surface area contributed by atoms with Crippen LogP contribution in [0.15, 0.2) is 18.2 Å². The molecule has 7 heteroatoms. The highest BCUT2D eigenvalue weighted by Crippen LogP contribution is 2.41. The number of nitrogens with zero attached hydrogens (tertiary/aromatic N) is 2. The predicted octanol–water partition coefficient (Wildman–Crippen LogP) is 1.69. The van der Waals surface area contributed by atoms with Gasteiger partial charge in [0.15, 0.2) is 0 Å². The number of rotatable bonds is 3. The average molecular weight is 352 g/mol. The first-order chi connectivity index (χ1) is 11.8. The molecule has 136 valence electrons. The summed E-state index contributed by atoms with van der Waals surface area (Å²) in [5.41, 5.74) is 0.239. The van der Waals surface area contributed by atoms with Crippen molar-refractivity contribution in [1.82, 2.24) is 9.80 Å². The van der Waals surface area contributed by atoms with Crippen LogP contribution in [-0.2, 0) is 16.1 Å². The lowest BCUT2D eigenvalue weighted by molar-refractivity contribution is -0.141. The second-order valence-corrected chi connectivity index (χ2v) is 7.21. The molecule has 2 heterocycles. The maximum absolute atomic E-state index is 13.3. The molecule has 2 saturated heterocycles. The number of hydrogen-bond acceptors (Lipinski definition) is 3. The first-order valence-corrected chi connectivity index (χ1v) is 8.48. The molecule has 25 heavy (non-hydrogen) atoms. The molecule has 1 N–H and O–H groups in total. The summed E-state index contributed by atoms with van der Waals surface area (Å²) in [7, 11) is 0. The molecule has 2 aliphatic rings. The number of aliphatic hydroxyl groups excluding tert-OH is 1. The molecule has 2 fully saturated rings. The number of aliphatic hydroxyl groups is 1. The summed E-state index contributed by atoms with van der Waals surface area (Å²) in [6.45, 7) is 3.19. The topological polar surface area (TPSA) is 60.9 Å². The van der Waals surface area contributed by atoms with Crippen LogP contribution in [0.1, 0.15) is 31.7 Å². The number of piperidine rings is 1. The van der Waals surface area contributed by atoms with Crippen LogP contribution in [0.3, 0.4) is 0 Å². The number of likely N-dealkylation sites (tertiary alicyclic amines) is 2. The fraction of sp³-hybridized carbons (Fsp3) is 0.556. The van der Waals surface area contributed by atoms with Crippen LogP contribution in [0, 0.1) is 17.0 Å². The number of benzene rings is 1. The van der Waals surface area contributed by atoms with Crippen molar-refractivity contribution in [3.05, 3.63) is 35.4 Å². The van der Waals surface area contributed by atoms with E-state index < -0.39 is 17.7 Å². The van der Waals surface area contributed by atoms with Crippen LogP contribution < -0.4 is 0 Å². The lowest BCUT2D eigenvalue weighted by Gasteiger charge is -2.39. The molecule has 2 aliphatic heterocycles. The monoisotopic (exact) mass is 352 g/mol. The van der Waals surface area contributed by atoms with Crippen molar-refractivity contribution >= 4 is 11.8 Å². The smallest absolute Gasteiger partial charge is 0.251 e. The molecule has 0 bridgehead atoms. The molecular formula is C18H22F2N2O3. The minimum atomic E-state index is -1.02. The van der Waals surface area contributed by atoms with Crippen molar-refractivity contribution < 1.29 is 23.5 Å². The normalized spacial score (nSPS) is 21.0. The van der Waals surface area contributed by atoms with Gasteiger partial charge in [0, 0.05) is 44.1 Å². The molecule has 1 aromatic carbocycles. The molecular weight excluding hydrogens is 330 g/mol. The van der Waals surface area contributed by atoms with Crippen LogP contribution in [0.5, 0.6) is 0 Å². The quantitative estimate of drug-likeness (QED) is 0.901. The molecule has 0 aliphatic carbocycles. The molecule has 1 atom stereocenters. The van der Waals surface area contributed by atoms with Gasteiger partial charge in [0.05, 0.1) is 0 Å². The van der Waals surface area contributed by atoms with Crippen molar-refractivity contribution in [3.8, 4) is 0 Å². The summed E-state index contributed by atoms with van der Waals surface area (Å²) in [5, 5.41) is 9.41. The van der Waals surface area contributed by atoms with E-state index in [0.717, 1.165) is 6.07 Å². The highest BCUT2D eigenvalue weighted by atomic mass is 19.1. The third-order valence-electron chi connectivity index (χ3n) is 5.19. The van der Waals surface area contributed by atoms with Gasteiger partial charge in [-0.2, -0.15) is 0 Å². The Bertz CT molecular complexity index is 665. The summed E-state index contributed by atoms with van der Waals surface area (Å²) in [4.78, 5) is 27.5. The molecule has 0 saturated carbocycles. The second-order valence-electron chi connectivity index (χ2n) is 7.21. The Morgan fingerprint density at radius 1 is 1.24 bits per heavy atom. The Hall–Kier alpha value is -2.02.